The van der Waals surface area contributed by atoms with Crippen molar-refractivity contribution in [2.24, 2.45) is 0 Å². The highest BCUT2D eigenvalue weighted by Gasteiger charge is 2.12. The summed E-state index contributed by atoms with van der Waals surface area (Å²) in [6.07, 6.45) is 2.26. The maximum Gasteiger partial charge on any atom is 0.343 e. The van der Waals surface area contributed by atoms with E-state index in [4.69, 9.17) is 0 Å². The van der Waals surface area contributed by atoms with Crippen LogP contribution in [0.3, 0.4) is 0 Å². The first-order valence-electron chi connectivity index (χ1n) is 8.26. The minimum absolute atomic E-state index is 0.0594. The van der Waals surface area contributed by atoms with Crippen LogP contribution < -0.4 is 11.0 Å². The third kappa shape index (κ3) is 5.32. The molecule has 2 aromatic rings. The van der Waals surface area contributed by atoms with E-state index < -0.39 is 0 Å². The van der Waals surface area contributed by atoms with Gasteiger partial charge >= 0.3 is 5.69 Å². The zero-order valence-corrected chi connectivity index (χ0v) is 15.2. The average Bonchev–Trinajstić information content (AvgIpc) is 2.98. The van der Waals surface area contributed by atoms with Crippen molar-refractivity contribution in [3.05, 3.63) is 40.3 Å². The first-order valence-corrected chi connectivity index (χ1v) is 9.24. The van der Waals surface area contributed by atoms with Crippen LogP contribution in [0.25, 0.3) is 0 Å². The van der Waals surface area contributed by atoms with E-state index >= 15 is 0 Å². The molecule has 0 bridgehead atoms. The molecule has 0 aliphatic heterocycles. The number of hydrogen-bond donors (Lipinski definition) is 2. The van der Waals surface area contributed by atoms with Crippen molar-refractivity contribution in [3.63, 3.8) is 0 Å². The number of hydrogen-bond acceptors (Lipinski definition) is 5. The quantitative estimate of drug-likeness (QED) is 0.528. The molecule has 1 heterocycles. The van der Waals surface area contributed by atoms with Gasteiger partial charge < -0.3 is 5.32 Å². The highest BCUT2D eigenvalue weighted by atomic mass is 32.2. The lowest BCUT2D eigenvalue weighted by Crippen LogP contribution is -2.18. The summed E-state index contributed by atoms with van der Waals surface area (Å²) in [6, 6.07) is 6.78. The molecule has 8 heteroatoms. The standard InChI is InChI=1S/C17H22N4O3S/c1-3-5-10-21-16(24)19-20-17(21)25-11-14(22)12-6-8-13(9-7-12)18-15(23)4-2/h6-9H,3-5,10-11H2,1-2H3,(H,18,23)(H,19,24). The number of aromatic nitrogens is 3. The molecule has 7 nitrogen and oxygen atoms in total. The number of nitrogens with zero attached hydrogens (tertiary/aromatic N) is 2. The van der Waals surface area contributed by atoms with Gasteiger partial charge in [-0.1, -0.05) is 32.0 Å². The summed E-state index contributed by atoms with van der Waals surface area (Å²) in [7, 11) is 0. The topological polar surface area (TPSA) is 96.8 Å². The molecule has 2 rings (SSSR count). The molecule has 0 unspecified atom stereocenters. The van der Waals surface area contributed by atoms with Gasteiger partial charge in [-0.3, -0.25) is 14.2 Å². The predicted octanol–water partition coefficient (Wildman–Crippen LogP) is 2.70. The number of ketones is 1. The Morgan fingerprint density at radius 2 is 1.96 bits per heavy atom. The molecule has 0 aliphatic rings. The zero-order chi connectivity index (χ0) is 18.2. The van der Waals surface area contributed by atoms with Crippen molar-refractivity contribution in [2.45, 2.75) is 44.8 Å². The van der Waals surface area contributed by atoms with Crippen LogP contribution in [0.5, 0.6) is 0 Å². The minimum Gasteiger partial charge on any atom is -0.326 e. The fraction of sp³-hybridized carbons (Fsp3) is 0.412. The van der Waals surface area contributed by atoms with Crippen molar-refractivity contribution >= 4 is 29.1 Å². The number of nitrogens with one attached hydrogen (secondary N) is 2. The minimum atomic E-state index is -0.251. The van der Waals surface area contributed by atoms with Crippen molar-refractivity contribution in [1.82, 2.24) is 14.8 Å². The number of thioether (sulfide) groups is 1. The Bertz CT molecular complexity index is 780. The molecule has 0 spiro atoms. The van der Waals surface area contributed by atoms with E-state index in [0.717, 1.165) is 12.8 Å². The van der Waals surface area contributed by atoms with E-state index in [9.17, 15) is 14.4 Å². The summed E-state index contributed by atoms with van der Waals surface area (Å²) in [6.45, 7) is 4.42. The molecule has 0 saturated carbocycles. The molecular formula is C17H22N4O3S. The third-order valence-corrected chi connectivity index (χ3v) is 4.58. The maximum absolute atomic E-state index is 12.3. The summed E-state index contributed by atoms with van der Waals surface area (Å²) in [4.78, 5) is 35.4. The normalized spacial score (nSPS) is 10.6. The van der Waals surface area contributed by atoms with E-state index in [0.29, 0.717) is 29.4 Å². The van der Waals surface area contributed by atoms with Crippen LogP contribution in [0.4, 0.5) is 5.69 Å². The molecular weight excluding hydrogens is 340 g/mol. The van der Waals surface area contributed by atoms with Gasteiger partial charge in [-0.25, -0.2) is 9.89 Å². The lowest BCUT2D eigenvalue weighted by atomic mass is 10.1. The van der Waals surface area contributed by atoms with Crippen LogP contribution in [0.2, 0.25) is 0 Å². The van der Waals surface area contributed by atoms with Gasteiger partial charge in [-0.15, -0.1) is 5.10 Å². The van der Waals surface area contributed by atoms with Crippen LogP contribution in [0.1, 0.15) is 43.5 Å². The second-order valence-corrected chi connectivity index (χ2v) is 6.45. The first-order chi connectivity index (χ1) is 12.0. The number of carbonyl (C=O) groups excluding carboxylic acids is 2. The Morgan fingerprint density at radius 3 is 2.60 bits per heavy atom. The largest absolute Gasteiger partial charge is 0.343 e. The van der Waals surface area contributed by atoms with E-state index in [1.54, 1.807) is 35.8 Å². The number of H-pyrrole nitrogens is 1. The Labute approximate surface area is 150 Å². The number of aromatic amines is 1. The second kappa shape index (κ2) is 9.22. The SMILES string of the molecule is CCCCn1c(SCC(=O)c2ccc(NC(=O)CC)cc2)n[nH]c1=O. The van der Waals surface area contributed by atoms with Gasteiger partial charge in [0.1, 0.15) is 0 Å². The molecule has 0 radical (unpaired) electrons. The molecule has 134 valence electrons. The number of carbonyl (C=O) groups is 2. The second-order valence-electron chi connectivity index (χ2n) is 5.51. The highest BCUT2D eigenvalue weighted by molar-refractivity contribution is 7.99. The van der Waals surface area contributed by atoms with Gasteiger partial charge in [-0.05, 0) is 30.7 Å². The molecule has 1 amide bonds. The summed E-state index contributed by atoms with van der Waals surface area (Å²) < 4.78 is 1.56. The van der Waals surface area contributed by atoms with Gasteiger partial charge in [0.2, 0.25) is 5.91 Å². The highest BCUT2D eigenvalue weighted by Crippen LogP contribution is 2.17. The molecule has 25 heavy (non-hydrogen) atoms. The Hall–Kier alpha value is -2.35. The monoisotopic (exact) mass is 362 g/mol. The number of anilines is 1. The molecule has 0 atom stereocenters. The number of rotatable bonds is 9. The number of unbranched alkanes of at least 4 members (excludes halogenated alkanes) is 1. The lowest BCUT2D eigenvalue weighted by molar-refractivity contribution is -0.115. The van der Waals surface area contributed by atoms with Gasteiger partial charge in [0.25, 0.3) is 0 Å². The molecule has 1 aromatic carbocycles. The summed E-state index contributed by atoms with van der Waals surface area (Å²) in [5, 5.41) is 9.67. The van der Waals surface area contributed by atoms with Gasteiger partial charge in [0, 0.05) is 24.2 Å². The van der Waals surface area contributed by atoms with Crippen molar-refractivity contribution in [2.75, 3.05) is 11.1 Å². The molecule has 0 saturated heterocycles. The Balaban J connectivity index is 1.96. The summed E-state index contributed by atoms with van der Waals surface area (Å²) in [5.41, 5.74) is 0.969. The number of benzene rings is 1. The lowest BCUT2D eigenvalue weighted by Gasteiger charge is -2.06. The summed E-state index contributed by atoms with van der Waals surface area (Å²) in [5.74, 6) is 0.0611. The Morgan fingerprint density at radius 1 is 1.24 bits per heavy atom. The van der Waals surface area contributed by atoms with Crippen molar-refractivity contribution in [3.8, 4) is 0 Å². The predicted molar refractivity (Wildman–Crippen MR) is 98.2 cm³/mol. The van der Waals surface area contributed by atoms with Crippen molar-refractivity contribution in [1.29, 1.82) is 0 Å². The van der Waals surface area contributed by atoms with Gasteiger partial charge in [0.05, 0.1) is 5.75 Å². The van der Waals surface area contributed by atoms with E-state index in [1.165, 1.54) is 11.8 Å². The van der Waals surface area contributed by atoms with Gasteiger partial charge in [0.15, 0.2) is 10.9 Å². The maximum atomic E-state index is 12.3. The van der Waals surface area contributed by atoms with Crippen LogP contribution >= 0.6 is 11.8 Å². The van der Waals surface area contributed by atoms with Crippen LogP contribution in [-0.2, 0) is 11.3 Å². The number of amides is 1. The molecule has 1 aromatic heterocycles. The average molecular weight is 362 g/mol. The smallest absolute Gasteiger partial charge is 0.326 e. The number of Topliss-reactive ketones (excluding diaryl/α,β-unsaturated/α-hetero) is 1. The van der Waals surface area contributed by atoms with Crippen LogP contribution in [0.15, 0.2) is 34.2 Å². The van der Waals surface area contributed by atoms with Crippen LogP contribution in [0, 0.1) is 0 Å². The van der Waals surface area contributed by atoms with Crippen molar-refractivity contribution < 1.29 is 9.59 Å². The third-order valence-electron chi connectivity index (χ3n) is 3.60. The molecule has 0 aliphatic carbocycles. The van der Waals surface area contributed by atoms with E-state index in [1.807, 2.05) is 6.92 Å². The van der Waals surface area contributed by atoms with E-state index in [2.05, 4.69) is 15.5 Å². The van der Waals surface area contributed by atoms with Gasteiger partial charge in [-0.2, -0.15) is 0 Å². The molecule has 2 N–H and O–H groups in total. The Kier molecular flexibility index (Phi) is 7.00. The van der Waals surface area contributed by atoms with E-state index in [-0.39, 0.29) is 23.1 Å². The first kappa shape index (κ1) is 19.0. The summed E-state index contributed by atoms with van der Waals surface area (Å²) >= 11 is 1.24. The molecule has 0 fully saturated rings. The fourth-order valence-electron chi connectivity index (χ4n) is 2.13. The zero-order valence-electron chi connectivity index (χ0n) is 14.4. The fourth-order valence-corrected chi connectivity index (χ4v) is 3.00. The van der Waals surface area contributed by atoms with Crippen LogP contribution in [-0.4, -0.2) is 32.2 Å².